The summed E-state index contributed by atoms with van der Waals surface area (Å²) in [5.74, 6) is -0.964. The highest BCUT2D eigenvalue weighted by atomic mass is 16.3. The van der Waals surface area contributed by atoms with E-state index in [9.17, 15) is 14.7 Å². The summed E-state index contributed by atoms with van der Waals surface area (Å²) in [6.45, 7) is 0.353. The van der Waals surface area contributed by atoms with Crippen molar-refractivity contribution >= 4 is 11.8 Å². The van der Waals surface area contributed by atoms with Crippen LogP contribution in [0.25, 0.3) is 0 Å². The van der Waals surface area contributed by atoms with Crippen LogP contribution in [-0.4, -0.2) is 34.6 Å². The summed E-state index contributed by atoms with van der Waals surface area (Å²) in [5, 5.41) is 23.8. The van der Waals surface area contributed by atoms with Gasteiger partial charge < -0.3 is 20.8 Å². The van der Waals surface area contributed by atoms with Crippen molar-refractivity contribution in [2.24, 2.45) is 0 Å². The molecule has 0 aliphatic carbocycles. The molecule has 0 saturated carbocycles. The highest BCUT2D eigenvalue weighted by Gasteiger charge is 2.21. The van der Waals surface area contributed by atoms with E-state index in [4.69, 9.17) is 5.11 Å². The minimum Gasteiger partial charge on any atom is -0.504 e. The fourth-order valence-electron chi connectivity index (χ4n) is 1.81. The Bertz CT molecular complexity index is 487. The Kier molecular flexibility index (Phi) is 3.36. The summed E-state index contributed by atoms with van der Waals surface area (Å²) in [6, 6.07) is 3.82. The first kappa shape index (κ1) is 12.2. The van der Waals surface area contributed by atoms with Gasteiger partial charge in [0.05, 0.1) is 0 Å². The van der Waals surface area contributed by atoms with Crippen molar-refractivity contribution in [2.75, 3.05) is 6.54 Å². The van der Waals surface area contributed by atoms with Crippen LogP contribution in [-0.2, 0) is 4.79 Å². The lowest BCUT2D eigenvalue weighted by Crippen LogP contribution is -2.38. The minimum atomic E-state index is -0.355. The van der Waals surface area contributed by atoms with Crippen LogP contribution in [0.4, 0.5) is 0 Å². The Hall–Kier alpha value is -2.24. The molecule has 0 spiro atoms. The fourth-order valence-corrected chi connectivity index (χ4v) is 1.81. The molecular formula is C12H14N2O4. The summed E-state index contributed by atoms with van der Waals surface area (Å²) >= 11 is 0. The molecule has 18 heavy (non-hydrogen) atoms. The molecule has 0 bridgehead atoms. The number of amides is 2. The number of phenols is 2. The van der Waals surface area contributed by atoms with Crippen LogP contribution >= 0.6 is 0 Å². The van der Waals surface area contributed by atoms with Crippen molar-refractivity contribution < 1.29 is 19.8 Å². The molecule has 6 nitrogen and oxygen atoms in total. The van der Waals surface area contributed by atoms with E-state index < -0.39 is 0 Å². The third kappa shape index (κ3) is 2.71. The standard InChI is InChI=1S/C12H14N2O4/c15-9-3-1-7(5-10(9)16)12(18)13-6-8-2-4-11(17)14-8/h1,3,5,8,15-16H,2,4,6H2,(H,13,18)(H,14,17). The van der Waals surface area contributed by atoms with E-state index >= 15 is 0 Å². The molecule has 1 aliphatic heterocycles. The molecule has 6 heteroatoms. The first-order valence-corrected chi connectivity index (χ1v) is 5.66. The van der Waals surface area contributed by atoms with Crippen LogP contribution in [0.5, 0.6) is 11.5 Å². The maximum absolute atomic E-state index is 11.7. The van der Waals surface area contributed by atoms with Crippen molar-refractivity contribution in [2.45, 2.75) is 18.9 Å². The first-order valence-electron chi connectivity index (χ1n) is 5.66. The highest BCUT2D eigenvalue weighted by Crippen LogP contribution is 2.24. The van der Waals surface area contributed by atoms with Gasteiger partial charge in [0.2, 0.25) is 5.91 Å². The first-order chi connectivity index (χ1) is 8.56. The second kappa shape index (κ2) is 4.95. The average molecular weight is 250 g/mol. The van der Waals surface area contributed by atoms with Gasteiger partial charge in [-0.15, -0.1) is 0 Å². The maximum Gasteiger partial charge on any atom is 0.251 e. The summed E-state index contributed by atoms with van der Waals surface area (Å²) in [5.41, 5.74) is 0.259. The molecule has 0 aromatic heterocycles. The third-order valence-corrected chi connectivity index (χ3v) is 2.83. The number of carbonyl (C=O) groups excluding carboxylic acids is 2. The molecule has 1 fully saturated rings. The van der Waals surface area contributed by atoms with Gasteiger partial charge in [0, 0.05) is 24.6 Å². The van der Waals surface area contributed by atoms with Crippen molar-refractivity contribution in [1.82, 2.24) is 10.6 Å². The Morgan fingerprint density at radius 3 is 2.78 bits per heavy atom. The van der Waals surface area contributed by atoms with Gasteiger partial charge in [-0.25, -0.2) is 0 Å². The van der Waals surface area contributed by atoms with Crippen LogP contribution < -0.4 is 10.6 Å². The van der Waals surface area contributed by atoms with Gasteiger partial charge in [0.1, 0.15) is 0 Å². The van der Waals surface area contributed by atoms with E-state index in [-0.39, 0.29) is 34.9 Å². The van der Waals surface area contributed by atoms with Gasteiger partial charge in [0.25, 0.3) is 5.91 Å². The van der Waals surface area contributed by atoms with Crippen LogP contribution in [0.15, 0.2) is 18.2 Å². The summed E-state index contributed by atoms with van der Waals surface area (Å²) < 4.78 is 0. The Morgan fingerprint density at radius 2 is 2.17 bits per heavy atom. The Balaban J connectivity index is 1.91. The van der Waals surface area contributed by atoms with Gasteiger partial charge in [-0.1, -0.05) is 0 Å². The number of nitrogens with one attached hydrogen (secondary N) is 2. The second-order valence-electron chi connectivity index (χ2n) is 4.22. The summed E-state index contributed by atoms with van der Waals surface area (Å²) in [6.07, 6.45) is 1.19. The predicted molar refractivity (Wildman–Crippen MR) is 63.3 cm³/mol. The molecule has 1 aromatic rings. The second-order valence-corrected chi connectivity index (χ2v) is 4.22. The average Bonchev–Trinajstić information content (AvgIpc) is 2.75. The fraction of sp³-hybridized carbons (Fsp3) is 0.333. The normalized spacial score (nSPS) is 18.4. The molecule has 1 saturated heterocycles. The maximum atomic E-state index is 11.7. The highest BCUT2D eigenvalue weighted by molar-refractivity contribution is 5.94. The molecule has 1 unspecified atom stereocenters. The summed E-state index contributed by atoms with van der Waals surface area (Å²) in [7, 11) is 0. The van der Waals surface area contributed by atoms with Crippen molar-refractivity contribution in [3.05, 3.63) is 23.8 Å². The summed E-state index contributed by atoms with van der Waals surface area (Å²) in [4.78, 5) is 22.7. The zero-order valence-electron chi connectivity index (χ0n) is 9.64. The molecule has 2 rings (SSSR count). The molecule has 96 valence electrons. The molecule has 4 N–H and O–H groups in total. The zero-order chi connectivity index (χ0) is 13.1. The number of hydrogen-bond acceptors (Lipinski definition) is 4. The third-order valence-electron chi connectivity index (χ3n) is 2.83. The number of rotatable bonds is 3. The number of benzene rings is 1. The van der Waals surface area contributed by atoms with E-state index in [0.29, 0.717) is 19.4 Å². The van der Waals surface area contributed by atoms with Crippen LogP contribution in [0, 0.1) is 0 Å². The molecule has 1 heterocycles. The molecular weight excluding hydrogens is 236 g/mol. The van der Waals surface area contributed by atoms with Crippen molar-refractivity contribution in [3.63, 3.8) is 0 Å². The van der Waals surface area contributed by atoms with Gasteiger partial charge in [-0.3, -0.25) is 9.59 Å². The number of hydrogen-bond donors (Lipinski definition) is 4. The lowest BCUT2D eigenvalue weighted by atomic mass is 10.1. The molecule has 0 radical (unpaired) electrons. The van der Waals surface area contributed by atoms with E-state index in [2.05, 4.69) is 10.6 Å². The SMILES string of the molecule is O=C1CCC(CNC(=O)c2ccc(O)c(O)c2)N1. The van der Waals surface area contributed by atoms with E-state index in [1.165, 1.54) is 18.2 Å². The topological polar surface area (TPSA) is 98.7 Å². The Morgan fingerprint density at radius 1 is 1.39 bits per heavy atom. The van der Waals surface area contributed by atoms with E-state index in [1.54, 1.807) is 0 Å². The monoisotopic (exact) mass is 250 g/mol. The molecule has 1 atom stereocenters. The zero-order valence-corrected chi connectivity index (χ0v) is 9.64. The lowest BCUT2D eigenvalue weighted by Gasteiger charge is -2.11. The van der Waals surface area contributed by atoms with Crippen molar-refractivity contribution in [3.8, 4) is 11.5 Å². The van der Waals surface area contributed by atoms with Crippen LogP contribution in [0.2, 0.25) is 0 Å². The minimum absolute atomic E-state index is 0.00322. The smallest absolute Gasteiger partial charge is 0.251 e. The quantitative estimate of drug-likeness (QED) is 0.572. The number of aromatic hydroxyl groups is 2. The molecule has 2 amide bonds. The van der Waals surface area contributed by atoms with Crippen LogP contribution in [0.3, 0.4) is 0 Å². The van der Waals surface area contributed by atoms with Gasteiger partial charge >= 0.3 is 0 Å². The largest absolute Gasteiger partial charge is 0.504 e. The van der Waals surface area contributed by atoms with Gasteiger partial charge in [-0.05, 0) is 24.6 Å². The van der Waals surface area contributed by atoms with Crippen molar-refractivity contribution in [1.29, 1.82) is 0 Å². The van der Waals surface area contributed by atoms with E-state index in [0.717, 1.165) is 0 Å². The molecule has 1 aromatic carbocycles. The molecule has 1 aliphatic rings. The van der Waals surface area contributed by atoms with Gasteiger partial charge in [0.15, 0.2) is 11.5 Å². The number of carbonyl (C=O) groups is 2. The van der Waals surface area contributed by atoms with Crippen LogP contribution in [0.1, 0.15) is 23.2 Å². The predicted octanol–water partition coefficient (Wildman–Crippen LogP) is 0.106. The lowest BCUT2D eigenvalue weighted by molar-refractivity contribution is -0.119. The van der Waals surface area contributed by atoms with Gasteiger partial charge in [-0.2, -0.15) is 0 Å². The number of phenolic OH excluding ortho intramolecular Hbond substituents is 2. The van der Waals surface area contributed by atoms with E-state index in [1.807, 2.05) is 0 Å². The Labute approximate surface area is 104 Å².